The molecule has 1 rings (SSSR count). The van der Waals surface area contributed by atoms with Crippen LogP contribution in [0, 0.1) is 17.8 Å². The van der Waals surface area contributed by atoms with Crippen molar-refractivity contribution in [1.29, 1.82) is 0 Å². The van der Waals surface area contributed by atoms with Crippen molar-refractivity contribution in [3.8, 4) is 11.8 Å². The number of carbonyl (C=O) groups is 1. The number of aliphatic carboxylic acids is 1. The van der Waals surface area contributed by atoms with Crippen LogP contribution in [0.4, 0.5) is 13.2 Å². The first-order valence-corrected chi connectivity index (χ1v) is 5.72. The number of halogens is 3. The summed E-state index contributed by atoms with van der Waals surface area (Å²) in [5.74, 6) is 0.156. The van der Waals surface area contributed by atoms with E-state index in [1.165, 1.54) is 5.92 Å². The molecule has 1 aromatic carbocycles. The lowest BCUT2D eigenvalue weighted by Crippen LogP contribution is -2.21. The fraction of sp³-hybridized carbons (Fsp3) is 0.357. The fourth-order valence-electron chi connectivity index (χ4n) is 1.79. The Hall–Kier alpha value is -1.96. The molecule has 0 spiro atoms. The minimum absolute atomic E-state index is 0.210. The van der Waals surface area contributed by atoms with Crippen molar-refractivity contribution < 1.29 is 23.1 Å². The zero-order valence-corrected chi connectivity index (χ0v) is 10.2. The van der Waals surface area contributed by atoms with E-state index >= 15 is 0 Å². The van der Waals surface area contributed by atoms with Gasteiger partial charge in [0.15, 0.2) is 0 Å². The highest BCUT2D eigenvalue weighted by Gasteiger charge is 2.29. The van der Waals surface area contributed by atoms with Crippen LogP contribution in [-0.2, 0) is 4.79 Å². The van der Waals surface area contributed by atoms with E-state index in [0.717, 1.165) is 0 Å². The number of carboxylic acid groups (broad SMARTS) is 1. The molecular weight excluding hydrogens is 257 g/mol. The first-order valence-electron chi connectivity index (χ1n) is 5.72. The van der Waals surface area contributed by atoms with Crippen LogP contribution >= 0.6 is 0 Å². The monoisotopic (exact) mass is 270 g/mol. The average molecular weight is 270 g/mol. The molecule has 0 fully saturated rings. The van der Waals surface area contributed by atoms with Crippen molar-refractivity contribution in [3.05, 3.63) is 35.9 Å². The first kappa shape index (κ1) is 15.1. The summed E-state index contributed by atoms with van der Waals surface area (Å²) >= 11 is 0. The molecule has 2 nitrogen and oxygen atoms in total. The molecule has 5 heteroatoms. The molecule has 2 atom stereocenters. The van der Waals surface area contributed by atoms with Gasteiger partial charge in [0.05, 0.1) is 11.8 Å². The Balaban J connectivity index is 3.17. The van der Waals surface area contributed by atoms with Gasteiger partial charge in [0.25, 0.3) is 0 Å². The summed E-state index contributed by atoms with van der Waals surface area (Å²) in [4.78, 5) is 11.1. The maximum absolute atomic E-state index is 12.2. The fourth-order valence-corrected chi connectivity index (χ4v) is 1.79. The molecule has 1 N–H and O–H groups in total. The largest absolute Gasteiger partial charge is 0.481 e. The Kier molecular flexibility index (Phi) is 4.99. The number of rotatable bonds is 4. The number of benzene rings is 1. The summed E-state index contributed by atoms with van der Waals surface area (Å²) in [6.07, 6.45) is -4.41. The molecule has 0 aromatic heterocycles. The number of alkyl halides is 3. The predicted octanol–water partition coefficient (Wildman–Crippen LogP) is 3.45. The van der Waals surface area contributed by atoms with Gasteiger partial charge in [-0.1, -0.05) is 43.2 Å². The van der Waals surface area contributed by atoms with E-state index < -0.39 is 24.0 Å². The first-order chi connectivity index (χ1) is 8.85. The minimum Gasteiger partial charge on any atom is -0.481 e. The van der Waals surface area contributed by atoms with Gasteiger partial charge in [-0.15, -0.1) is 0 Å². The highest BCUT2D eigenvalue weighted by molar-refractivity contribution is 5.72. The van der Waals surface area contributed by atoms with E-state index in [1.807, 2.05) is 0 Å². The Labute approximate surface area is 109 Å². The lowest BCUT2D eigenvalue weighted by atomic mass is 9.85. The van der Waals surface area contributed by atoms with Crippen LogP contribution < -0.4 is 0 Å². The van der Waals surface area contributed by atoms with E-state index in [2.05, 4.69) is 5.92 Å². The normalized spacial score (nSPS) is 14.1. The molecule has 0 bridgehead atoms. The van der Waals surface area contributed by atoms with Crippen molar-refractivity contribution in [2.45, 2.75) is 25.4 Å². The molecule has 19 heavy (non-hydrogen) atoms. The second kappa shape index (κ2) is 6.28. The highest BCUT2D eigenvalue weighted by atomic mass is 19.4. The van der Waals surface area contributed by atoms with E-state index in [0.29, 0.717) is 5.56 Å². The smallest absolute Gasteiger partial charge is 0.457 e. The zero-order chi connectivity index (χ0) is 14.5. The maximum atomic E-state index is 12.2. The van der Waals surface area contributed by atoms with Crippen molar-refractivity contribution in [2.75, 3.05) is 0 Å². The average Bonchev–Trinajstić information content (AvgIpc) is 2.33. The van der Waals surface area contributed by atoms with Crippen LogP contribution in [0.3, 0.4) is 0 Å². The van der Waals surface area contributed by atoms with Crippen LogP contribution in [0.1, 0.15) is 24.8 Å². The van der Waals surface area contributed by atoms with Crippen LogP contribution in [0.2, 0.25) is 0 Å². The van der Waals surface area contributed by atoms with E-state index in [9.17, 15) is 18.0 Å². The van der Waals surface area contributed by atoms with Gasteiger partial charge in [0.2, 0.25) is 0 Å². The van der Waals surface area contributed by atoms with E-state index in [4.69, 9.17) is 5.11 Å². The molecule has 1 aromatic rings. The molecule has 0 heterocycles. The number of hydrogen-bond acceptors (Lipinski definition) is 1. The molecule has 0 radical (unpaired) electrons. The molecule has 0 saturated heterocycles. The molecular formula is C14H13F3O2. The molecule has 0 unspecified atom stereocenters. The Morgan fingerprint density at radius 3 is 2.32 bits per heavy atom. The van der Waals surface area contributed by atoms with Gasteiger partial charge in [0, 0.05) is 5.92 Å². The minimum atomic E-state index is -4.62. The van der Waals surface area contributed by atoms with Crippen LogP contribution in [0.25, 0.3) is 0 Å². The summed E-state index contributed by atoms with van der Waals surface area (Å²) in [7, 11) is 0. The summed E-state index contributed by atoms with van der Waals surface area (Å²) in [6.45, 7) is 1.62. The molecule has 0 aliphatic rings. The van der Waals surface area contributed by atoms with Crippen molar-refractivity contribution in [1.82, 2.24) is 0 Å². The Morgan fingerprint density at radius 2 is 1.89 bits per heavy atom. The molecule has 0 amide bonds. The second-order valence-electron chi connectivity index (χ2n) is 4.01. The lowest BCUT2D eigenvalue weighted by Gasteiger charge is -2.18. The third kappa shape index (κ3) is 4.66. The summed E-state index contributed by atoms with van der Waals surface area (Å²) in [5, 5.41) is 9.09. The van der Waals surface area contributed by atoms with Crippen LogP contribution in [0.15, 0.2) is 30.3 Å². The van der Waals surface area contributed by atoms with Gasteiger partial charge in [0.1, 0.15) is 0 Å². The third-order valence-electron chi connectivity index (χ3n) is 2.69. The van der Waals surface area contributed by atoms with Crippen molar-refractivity contribution >= 4 is 5.97 Å². The second-order valence-corrected chi connectivity index (χ2v) is 4.01. The molecule has 102 valence electrons. The zero-order valence-electron chi connectivity index (χ0n) is 10.2. The summed E-state index contributed by atoms with van der Waals surface area (Å²) in [5.41, 5.74) is 0.480. The Morgan fingerprint density at radius 1 is 1.32 bits per heavy atom. The molecule has 0 aliphatic heterocycles. The number of carboxylic acids is 1. The highest BCUT2D eigenvalue weighted by Crippen LogP contribution is 2.27. The van der Waals surface area contributed by atoms with Crippen molar-refractivity contribution in [3.63, 3.8) is 0 Å². The number of hydrogen-bond donors (Lipinski definition) is 1. The summed E-state index contributed by atoms with van der Waals surface area (Å²) < 4.78 is 36.5. The van der Waals surface area contributed by atoms with Gasteiger partial charge in [-0.3, -0.25) is 4.79 Å². The quantitative estimate of drug-likeness (QED) is 0.851. The van der Waals surface area contributed by atoms with Gasteiger partial charge in [-0.2, -0.15) is 13.2 Å². The lowest BCUT2D eigenvalue weighted by molar-refractivity contribution is -0.142. The predicted molar refractivity (Wildman–Crippen MR) is 64.4 cm³/mol. The molecule has 0 saturated carbocycles. The summed E-state index contributed by atoms with van der Waals surface area (Å²) in [6, 6.07) is 8.17. The van der Waals surface area contributed by atoms with E-state index in [1.54, 1.807) is 37.3 Å². The van der Waals surface area contributed by atoms with Gasteiger partial charge >= 0.3 is 12.1 Å². The Bertz CT molecular complexity index is 483. The topological polar surface area (TPSA) is 37.3 Å². The van der Waals surface area contributed by atoms with E-state index in [-0.39, 0.29) is 6.42 Å². The maximum Gasteiger partial charge on any atom is 0.457 e. The van der Waals surface area contributed by atoms with Gasteiger partial charge < -0.3 is 5.11 Å². The van der Waals surface area contributed by atoms with Crippen LogP contribution in [-0.4, -0.2) is 17.3 Å². The van der Waals surface area contributed by atoms with Crippen molar-refractivity contribution in [2.24, 2.45) is 5.92 Å². The van der Waals surface area contributed by atoms with Crippen LogP contribution in [0.5, 0.6) is 0 Å². The van der Waals surface area contributed by atoms with Gasteiger partial charge in [-0.05, 0) is 12.0 Å². The third-order valence-corrected chi connectivity index (χ3v) is 2.69. The standard InChI is InChI=1S/C14H13F3O2/c1-2-11(13(18)19)12(8-9-14(15,16)17)10-6-4-3-5-7-10/h3-7,11-12H,2H2,1H3,(H,18,19)/t11-,12+/m0/s1. The molecule has 0 aliphatic carbocycles. The SMILES string of the molecule is CC[C@H](C(=O)O)[C@H](C#CC(F)(F)F)c1ccccc1. The van der Waals surface area contributed by atoms with Gasteiger partial charge in [-0.25, -0.2) is 0 Å².